The Morgan fingerprint density at radius 2 is 2.00 bits per heavy atom. The maximum absolute atomic E-state index is 13.2. The van der Waals surface area contributed by atoms with Gasteiger partial charge in [0.1, 0.15) is 6.54 Å². The standard InChI is InChI=1S/C24H27N3O4/c1-30-21-12-17-8-11-26(23(28)14-19(17)13-22(21)31-2)16-24(29)27-10-4-3-7-20(27)18-6-5-9-25-15-18/h5-6,8-9,11-13,15,20H,3-4,7,10,14,16H2,1-2H3/t20-/m0/s1. The number of rotatable bonds is 5. The molecule has 162 valence electrons. The Kier molecular flexibility index (Phi) is 6.21. The summed E-state index contributed by atoms with van der Waals surface area (Å²) in [5, 5.41) is 0. The Morgan fingerprint density at radius 1 is 1.19 bits per heavy atom. The summed E-state index contributed by atoms with van der Waals surface area (Å²) in [4.78, 5) is 33.8. The van der Waals surface area contributed by atoms with E-state index in [0.717, 1.165) is 36.0 Å². The third kappa shape index (κ3) is 4.40. The average molecular weight is 421 g/mol. The predicted octanol–water partition coefficient (Wildman–Crippen LogP) is 3.21. The van der Waals surface area contributed by atoms with E-state index in [1.54, 1.807) is 26.6 Å². The van der Waals surface area contributed by atoms with Crippen molar-refractivity contribution in [1.82, 2.24) is 14.8 Å². The van der Waals surface area contributed by atoms with Gasteiger partial charge in [-0.05, 0) is 60.2 Å². The first-order chi connectivity index (χ1) is 15.1. The van der Waals surface area contributed by atoms with Crippen LogP contribution in [0.5, 0.6) is 11.5 Å². The van der Waals surface area contributed by atoms with Gasteiger partial charge < -0.3 is 19.3 Å². The first kappa shape index (κ1) is 20.9. The smallest absolute Gasteiger partial charge is 0.243 e. The number of pyridine rings is 1. The molecule has 0 bridgehead atoms. The summed E-state index contributed by atoms with van der Waals surface area (Å²) >= 11 is 0. The summed E-state index contributed by atoms with van der Waals surface area (Å²) in [6.07, 6.45) is 10.3. The van der Waals surface area contributed by atoms with Crippen molar-refractivity contribution in [1.29, 1.82) is 0 Å². The van der Waals surface area contributed by atoms with Crippen LogP contribution in [0.4, 0.5) is 0 Å². The van der Waals surface area contributed by atoms with Crippen molar-refractivity contribution >= 4 is 17.9 Å². The zero-order chi connectivity index (χ0) is 21.8. The number of fused-ring (bicyclic) bond motifs is 1. The average Bonchev–Trinajstić information content (AvgIpc) is 2.96. The topological polar surface area (TPSA) is 72.0 Å². The highest BCUT2D eigenvalue weighted by molar-refractivity contribution is 5.89. The summed E-state index contributed by atoms with van der Waals surface area (Å²) in [5.41, 5.74) is 2.77. The summed E-state index contributed by atoms with van der Waals surface area (Å²) < 4.78 is 10.7. The highest BCUT2D eigenvalue weighted by Gasteiger charge is 2.30. The Labute approximate surface area is 182 Å². The van der Waals surface area contributed by atoms with Gasteiger partial charge in [0.25, 0.3) is 0 Å². The Balaban J connectivity index is 1.52. The summed E-state index contributed by atoms with van der Waals surface area (Å²) in [5.74, 6) is 1.02. The Bertz CT molecular complexity index is 990. The normalized spacial score (nSPS) is 18.4. The van der Waals surface area contributed by atoms with Gasteiger partial charge in [-0.2, -0.15) is 0 Å². The van der Waals surface area contributed by atoms with Crippen LogP contribution in [0.15, 0.2) is 42.9 Å². The molecule has 1 saturated heterocycles. The number of carbonyl (C=O) groups excluding carboxylic acids is 2. The predicted molar refractivity (Wildman–Crippen MR) is 117 cm³/mol. The van der Waals surface area contributed by atoms with Crippen LogP contribution in [0.1, 0.15) is 42.0 Å². The van der Waals surface area contributed by atoms with E-state index in [1.165, 1.54) is 4.90 Å². The van der Waals surface area contributed by atoms with Crippen molar-refractivity contribution in [2.45, 2.75) is 31.7 Å². The number of likely N-dealkylation sites (tertiary alicyclic amines) is 1. The molecule has 31 heavy (non-hydrogen) atoms. The highest BCUT2D eigenvalue weighted by atomic mass is 16.5. The third-order valence-electron chi connectivity index (χ3n) is 5.94. The second-order valence-electron chi connectivity index (χ2n) is 7.81. The van der Waals surface area contributed by atoms with E-state index in [4.69, 9.17) is 9.47 Å². The van der Waals surface area contributed by atoms with Gasteiger partial charge in [-0.3, -0.25) is 14.6 Å². The van der Waals surface area contributed by atoms with Crippen LogP contribution in [0.2, 0.25) is 0 Å². The van der Waals surface area contributed by atoms with E-state index in [2.05, 4.69) is 4.98 Å². The molecule has 0 N–H and O–H groups in total. The minimum absolute atomic E-state index is 0.00623. The molecule has 7 nitrogen and oxygen atoms in total. The van der Waals surface area contributed by atoms with Gasteiger partial charge >= 0.3 is 0 Å². The zero-order valence-electron chi connectivity index (χ0n) is 17.9. The molecule has 3 heterocycles. The number of aromatic nitrogens is 1. The molecule has 1 aromatic heterocycles. The fourth-order valence-corrected chi connectivity index (χ4v) is 4.29. The lowest BCUT2D eigenvalue weighted by molar-refractivity contribution is -0.140. The fraction of sp³-hybridized carbons (Fsp3) is 0.375. The van der Waals surface area contributed by atoms with Crippen molar-refractivity contribution in [3.63, 3.8) is 0 Å². The lowest BCUT2D eigenvalue weighted by atomic mass is 9.96. The monoisotopic (exact) mass is 421 g/mol. The van der Waals surface area contributed by atoms with E-state index < -0.39 is 0 Å². The van der Waals surface area contributed by atoms with E-state index >= 15 is 0 Å². The molecular weight excluding hydrogens is 394 g/mol. The molecule has 4 rings (SSSR count). The number of hydrogen-bond donors (Lipinski definition) is 0. The van der Waals surface area contributed by atoms with Gasteiger partial charge in [0.15, 0.2) is 11.5 Å². The summed E-state index contributed by atoms with van der Waals surface area (Å²) in [7, 11) is 3.15. The SMILES string of the molecule is COc1cc2c(cc1OC)CC(=O)N(CC(=O)N1CCCC[C@H]1c1cccnc1)C=C2. The zero-order valence-corrected chi connectivity index (χ0v) is 17.9. The molecule has 2 aliphatic rings. The van der Waals surface area contributed by atoms with Gasteiger partial charge in [-0.15, -0.1) is 0 Å². The lowest BCUT2D eigenvalue weighted by Gasteiger charge is -2.36. The maximum atomic E-state index is 13.2. The molecular formula is C24H27N3O4. The number of methoxy groups -OCH3 is 2. The van der Waals surface area contributed by atoms with Crippen LogP contribution < -0.4 is 9.47 Å². The summed E-state index contributed by atoms with van der Waals surface area (Å²) in [6.45, 7) is 0.715. The molecule has 2 amide bonds. The van der Waals surface area contributed by atoms with Gasteiger partial charge in [0.05, 0.1) is 26.7 Å². The van der Waals surface area contributed by atoms with Crippen molar-refractivity contribution in [3.8, 4) is 11.5 Å². The van der Waals surface area contributed by atoms with E-state index in [1.807, 2.05) is 41.4 Å². The van der Waals surface area contributed by atoms with Gasteiger partial charge in [0.2, 0.25) is 11.8 Å². The number of carbonyl (C=O) groups is 2. The van der Waals surface area contributed by atoms with Crippen LogP contribution in [0, 0.1) is 0 Å². The second kappa shape index (κ2) is 9.20. The lowest BCUT2D eigenvalue weighted by Crippen LogP contribution is -2.44. The molecule has 1 aromatic carbocycles. The van der Waals surface area contributed by atoms with Crippen molar-refractivity contribution in [2.75, 3.05) is 27.3 Å². The number of hydrogen-bond acceptors (Lipinski definition) is 5. The van der Waals surface area contributed by atoms with Crippen LogP contribution in [-0.4, -0.2) is 53.9 Å². The summed E-state index contributed by atoms with van der Waals surface area (Å²) in [6, 6.07) is 7.59. The van der Waals surface area contributed by atoms with Gasteiger partial charge in [-0.25, -0.2) is 0 Å². The quantitative estimate of drug-likeness (QED) is 0.741. The van der Waals surface area contributed by atoms with Crippen molar-refractivity contribution < 1.29 is 19.1 Å². The Hall–Kier alpha value is -3.35. The molecule has 1 atom stereocenters. The third-order valence-corrected chi connectivity index (χ3v) is 5.94. The van der Waals surface area contributed by atoms with E-state index in [0.29, 0.717) is 18.0 Å². The van der Waals surface area contributed by atoms with Crippen LogP contribution in [-0.2, 0) is 16.0 Å². The molecule has 0 saturated carbocycles. The number of amides is 2. The Morgan fingerprint density at radius 3 is 2.74 bits per heavy atom. The number of piperidine rings is 1. The maximum Gasteiger partial charge on any atom is 0.243 e. The van der Waals surface area contributed by atoms with Crippen LogP contribution in [0.25, 0.3) is 6.08 Å². The van der Waals surface area contributed by atoms with Gasteiger partial charge in [0, 0.05) is 25.1 Å². The highest BCUT2D eigenvalue weighted by Crippen LogP contribution is 2.33. The molecule has 0 unspecified atom stereocenters. The van der Waals surface area contributed by atoms with Gasteiger partial charge in [-0.1, -0.05) is 6.07 Å². The van der Waals surface area contributed by atoms with E-state index in [-0.39, 0.29) is 30.8 Å². The molecule has 0 aliphatic carbocycles. The molecule has 7 heteroatoms. The molecule has 1 fully saturated rings. The largest absolute Gasteiger partial charge is 0.493 e. The van der Waals surface area contributed by atoms with E-state index in [9.17, 15) is 9.59 Å². The number of nitrogens with zero attached hydrogens (tertiary/aromatic N) is 3. The molecule has 2 aliphatic heterocycles. The minimum atomic E-state index is -0.120. The molecule has 0 radical (unpaired) electrons. The first-order valence-corrected chi connectivity index (χ1v) is 10.5. The van der Waals surface area contributed by atoms with Crippen LogP contribution in [0.3, 0.4) is 0 Å². The van der Waals surface area contributed by atoms with Crippen molar-refractivity contribution in [2.24, 2.45) is 0 Å². The van der Waals surface area contributed by atoms with Crippen LogP contribution >= 0.6 is 0 Å². The van der Waals surface area contributed by atoms with Crippen molar-refractivity contribution in [3.05, 3.63) is 59.5 Å². The first-order valence-electron chi connectivity index (χ1n) is 10.5. The molecule has 2 aromatic rings. The minimum Gasteiger partial charge on any atom is -0.493 e. The molecule has 0 spiro atoms. The number of ether oxygens (including phenoxy) is 2. The number of benzene rings is 1. The second-order valence-corrected chi connectivity index (χ2v) is 7.81. The fourth-order valence-electron chi connectivity index (χ4n) is 4.29.